The van der Waals surface area contributed by atoms with Crippen molar-refractivity contribution in [2.75, 3.05) is 5.73 Å². The molecule has 0 fully saturated rings. The summed E-state index contributed by atoms with van der Waals surface area (Å²) in [5, 5.41) is 1.72. The quantitative estimate of drug-likeness (QED) is 0.670. The molecule has 1 aromatic heterocycles. The van der Waals surface area contributed by atoms with Gasteiger partial charge in [0.1, 0.15) is 0 Å². The number of carbonyl (C=O) groups is 1. The largest absolute Gasteiger partial charge is 0.416 e. The Morgan fingerprint density at radius 2 is 1.94 bits per heavy atom. The van der Waals surface area contributed by atoms with Gasteiger partial charge >= 0.3 is 6.18 Å². The zero-order valence-corrected chi connectivity index (χ0v) is 9.81. The molecule has 0 aliphatic rings. The molecule has 18 heavy (non-hydrogen) atoms. The van der Waals surface area contributed by atoms with E-state index in [2.05, 4.69) is 0 Å². The van der Waals surface area contributed by atoms with E-state index in [1.54, 1.807) is 17.5 Å². The molecule has 94 valence electrons. The van der Waals surface area contributed by atoms with Gasteiger partial charge in [0.05, 0.1) is 10.4 Å². The van der Waals surface area contributed by atoms with Crippen molar-refractivity contribution >= 4 is 22.8 Å². The van der Waals surface area contributed by atoms with Crippen molar-refractivity contribution in [3.8, 4) is 0 Å². The normalized spacial score (nSPS) is 11.5. The Hall–Kier alpha value is -1.82. The summed E-state index contributed by atoms with van der Waals surface area (Å²) in [6, 6.07) is 6.04. The highest BCUT2D eigenvalue weighted by Crippen LogP contribution is 2.32. The highest BCUT2D eigenvalue weighted by molar-refractivity contribution is 7.12. The number of nitrogens with two attached hydrogens (primary N) is 1. The second kappa shape index (κ2) is 4.45. The molecule has 0 spiro atoms. The minimum Gasteiger partial charge on any atom is -0.398 e. The number of hydrogen-bond donors (Lipinski definition) is 1. The van der Waals surface area contributed by atoms with Gasteiger partial charge in [-0.15, -0.1) is 11.3 Å². The van der Waals surface area contributed by atoms with Crippen LogP contribution in [0, 0.1) is 0 Å². The lowest BCUT2D eigenvalue weighted by Gasteiger charge is -2.09. The molecule has 0 atom stereocenters. The van der Waals surface area contributed by atoms with Gasteiger partial charge in [0.25, 0.3) is 0 Å². The molecule has 6 heteroatoms. The molecule has 0 aliphatic carbocycles. The summed E-state index contributed by atoms with van der Waals surface area (Å²) in [6.45, 7) is 0. The summed E-state index contributed by atoms with van der Waals surface area (Å²) in [5.41, 5.74) is 4.57. The van der Waals surface area contributed by atoms with Crippen molar-refractivity contribution in [3.63, 3.8) is 0 Å². The molecule has 0 unspecified atom stereocenters. The SMILES string of the molecule is Nc1cc(C(F)(F)F)ccc1C(=O)c1cccs1. The number of rotatable bonds is 2. The highest BCUT2D eigenvalue weighted by atomic mass is 32.1. The highest BCUT2D eigenvalue weighted by Gasteiger charge is 2.31. The van der Waals surface area contributed by atoms with Gasteiger partial charge in [0, 0.05) is 11.3 Å². The van der Waals surface area contributed by atoms with Crippen molar-refractivity contribution in [3.05, 3.63) is 51.7 Å². The predicted octanol–water partition coefficient (Wildman–Crippen LogP) is 3.58. The summed E-state index contributed by atoms with van der Waals surface area (Å²) < 4.78 is 37.3. The summed E-state index contributed by atoms with van der Waals surface area (Å²) in [5.74, 6) is -0.365. The molecule has 0 saturated carbocycles. The molecule has 0 bridgehead atoms. The number of anilines is 1. The number of halogens is 3. The second-order valence-corrected chi connectivity index (χ2v) is 4.55. The van der Waals surface area contributed by atoms with E-state index >= 15 is 0 Å². The second-order valence-electron chi connectivity index (χ2n) is 3.61. The van der Waals surface area contributed by atoms with E-state index in [-0.39, 0.29) is 17.0 Å². The number of thiophene rings is 1. The lowest BCUT2D eigenvalue weighted by atomic mass is 10.0. The first-order chi connectivity index (χ1) is 8.39. The van der Waals surface area contributed by atoms with Gasteiger partial charge in [-0.3, -0.25) is 4.79 Å². The number of nitrogen functional groups attached to an aromatic ring is 1. The monoisotopic (exact) mass is 271 g/mol. The zero-order chi connectivity index (χ0) is 13.3. The van der Waals surface area contributed by atoms with Crippen molar-refractivity contribution in [1.29, 1.82) is 0 Å². The minimum atomic E-state index is -4.46. The third kappa shape index (κ3) is 2.38. The summed E-state index contributed by atoms with van der Waals surface area (Å²) in [7, 11) is 0. The molecule has 2 N–H and O–H groups in total. The lowest BCUT2D eigenvalue weighted by molar-refractivity contribution is -0.137. The van der Waals surface area contributed by atoms with Gasteiger partial charge in [0.2, 0.25) is 5.78 Å². The molecular weight excluding hydrogens is 263 g/mol. The van der Waals surface area contributed by atoms with Crippen molar-refractivity contribution in [2.45, 2.75) is 6.18 Å². The molecule has 0 saturated heterocycles. The van der Waals surface area contributed by atoms with Crippen LogP contribution < -0.4 is 5.73 Å². The van der Waals surface area contributed by atoms with Crippen molar-refractivity contribution in [2.24, 2.45) is 0 Å². The Kier molecular flexibility index (Phi) is 3.13. The fourth-order valence-electron chi connectivity index (χ4n) is 1.49. The maximum absolute atomic E-state index is 12.4. The third-order valence-electron chi connectivity index (χ3n) is 2.37. The van der Waals surface area contributed by atoms with E-state index in [0.29, 0.717) is 4.88 Å². The molecule has 1 aromatic carbocycles. The van der Waals surface area contributed by atoms with Crippen LogP contribution in [0.15, 0.2) is 35.7 Å². The Bertz CT molecular complexity index is 576. The van der Waals surface area contributed by atoms with Crippen molar-refractivity contribution < 1.29 is 18.0 Å². The van der Waals surface area contributed by atoms with Crippen LogP contribution in [0.1, 0.15) is 20.8 Å². The van der Waals surface area contributed by atoms with E-state index in [1.807, 2.05) is 0 Å². The summed E-state index contributed by atoms with van der Waals surface area (Å²) in [6.07, 6.45) is -4.46. The minimum absolute atomic E-state index is 0.0884. The first-order valence-corrected chi connectivity index (χ1v) is 5.82. The van der Waals surface area contributed by atoms with Crippen LogP contribution in [0.5, 0.6) is 0 Å². The first-order valence-electron chi connectivity index (χ1n) is 4.94. The van der Waals surface area contributed by atoms with Crippen LogP contribution in [-0.2, 0) is 6.18 Å². The maximum atomic E-state index is 12.4. The Labute approximate surface area is 105 Å². The number of hydrogen-bond acceptors (Lipinski definition) is 3. The molecule has 2 nitrogen and oxygen atoms in total. The number of benzene rings is 1. The predicted molar refractivity (Wildman–Crippen MR) is 63.6 cm³/mol. The molecule has 0 aliphatic heterocycles. The lowest BCUT2D eigenvalue weighted by Crippen LogP contribution is -2.09. The Morgan fingerprint density at radius 1 is 1.22 bits per heavy atom. The fourth-order valence-corrected chi connectivity index (χ4v) is 2.16. The Balaban J connectivity index is 2.40. The van der Waals surface area contributed by atoms with Gasteiger partial charge in [-0.05, 0) is 29.6 Å². The van der Waals surface area contributed by atoms with E-state index in [1.165, 1.54) is 11.3 Å². The van der Waals surface area contributed by atoms with Crippen LogP contribution >= 0.6 is 11.3 Å². The van der Waals surface area contributed by atoms with Gasteiger partial charge in [-0.25, -0.2) is 0 Å². The number of alkyl halides is 3. The fraction of sp³-hybridized carbons (Fsp3) is 0.0833. The molecular formula is C12H8F3NOS. The molecule has 0 radical (unpaired) electrons. The van der Waals surface area contributed by atoms with Crippen LogP contribution in [0.25, 0.3) is 0 Å². The van der Waals surface area contributed by atoms with E-state index < -0.39 is 11.7 Å². The van der Waals surface area contributed by atoms with Gasteiger partial charge in [-0.2, -0.15) is 13.2 Å². The average Bonchev–Trinajstić information content (AvgIpc) is 2.80. The number of carbonyl (C=O) groups excluding carboxylic acids is 1. The smallest absolute Gasteiger partial charge is 0.398 e. The van der Waals surface area contributed by atoms with Gasteiger partial charge in [-0.1, -0.05) is 6.07 Å². The zero-order valence-electron chi connectivity index (χ0n) is 8.99. The van der Waals surface area contributed by atoms with Gasteiger partial charge in [0.15, 0.2) is 0 Å². The molecule has 1 heterocycles. The van der Waals surface area contributed by atoms with Crippen LogP contribution in [-0.4, -0.2) is 5.78 Å². The number of ketones is 1. The van der Waals surface area contributed by atoms with Gasteiger partial charge < -0.3 is 5.73 Å². The van der Waals surface area contributed by atoms with Crippen LogP contribution in [0.3, 0.4) is 0 Å². The Morgan fingerprint density at radius 3 is 2.44 bits per heavy atom. The third-order valence-corrected chi connectivity index (χ3v) is 3.24. The van der Waals surface area contributed by atoms with Crippen LogP contribution in [0.2, 0.25) is 0 Å². The molecule has 0 amide bonds. The average molecular weight is 271 g/mol. The first kappa shape index (κ1) is 12.6. The molecule has 2 aromatic rings. The van der Waals surface area contributed by atoms with E-state index in [9.17, 15) is 18.0 Å². The topological polar surface area (TPSA) is 43.1 Å². The van der Waals surface area contributed by atoms with Crippen LogP contribution in [0.4, 0.5) is 18.9 Å². The molecule has 2 rings (SSSR count). The van der Waals surface area contributed by atoms with E-state index in [4.69, 9.17) is 5.73 Å². The standard InChI is InChI=1S/C12H8F3NOS/c13-12(14,15)7-3-4-8(9(16)6-7)11(17)10-2-1-5-18-10/h1-6H,16H2. The van der Waals surface area contributed by atoms with E-state index in [0.717, 1.165) is 18.2 Å². The van der Waals surface area contributed by atoms with Crippen molar-refractivity contribution in [1.82, 2.24) is 0 Å². The summed E-state index contributed by atoms with van der Waals surface area (Å²) >= 11 is 1.22. The maximum Gasteiger partial charge on any atom is 0.416 e. The summed E-state index contributed by atoms with van der Waals surface area (Å²) in [4.78, 5) is 12.4.